The summed E-state index contributed by atoms with van der Waals surface area (Å²) in [4.78, 5) is 1.91. The molecule has 88 valence electrons. The van der Waals surface area contributed by atoms with Gasteiger partial charge in [-0.05, 0) is 0 Å². The molecule has 0 saturated carbocycles. The van der Waals surface area contributed by atoms with Crippen LogP contribution in [0.3, 0.4) is 0 Å². The lowest BCUT2D eigenvalue weighted by molar-refractivity contribution is -0.636. The first-order chi connectivity index (χ1) is 7.28. The summed E-state index contributed by atoms with van der Waals surface area (Å²) in [6, 6.07) is 0. The molecule has 15 heavy (non-hydrogen) atoms. The number of hydrogen-bond acceptors (Lipinski definition) is 5. The van der Waals surface area contributed by atoms with Gasteiger partial charge in [-0.2, -0.15) is 0 Å². The van der Waals surface area contributed by atoms with Crippen molar-refractivity contribution in [3.8, 4) is 0 Å². The second-order valence-corrected chi connectivity index (χ2v) is 3.23. The highest BCUT2D eigenvalue weighted by molar-refractivity contribution is 5.50. The second kappa shape index (κ2) is 6.02. The highest BCUT2D eigenvalue weighted by Gasteiger charge is 2.42. The third-order valence-electron chi connectivity index (χ3n) is 2.23. The summed E-state index contributed by atoms with van der Waals surface area (Å²) in [6.45, 7) is 0.914. The minimum Gasteiger partial charge on any atom is -0.345 e. The van der Waals surface area contributed by atoms with Crippen molar-refractivity contribution in [2.24, 2.45) is 0 Å². The standard InChI is InChI=1S/C9H19N2O4/c1-12-6-10-5-11(7-13-2)9(15-4)8(10)14-3/h5,8-9H,6-7H2,1-4H3/q+1. The van der Waals surface area contributed by atoms with Gasteiger partial charge in [0.05, 0.1) is 0 Å². The first kappa shape index (κ1) is 12.4. The summed E-state index contributed by atoms with van der Waals surface area (Å²) < 4.78 is 22.7. The molecule has 1 aliphatic heterocycles. The Morgan fingerprint density at radius 2 is 1.87 bits per heavy atom. The van der Waals surface area contributed by atoms with E-state index in [9.17, 15) is 0 Å². The molecule has 0 radical (unpaired) electrons. The Labute approximate surface area is 90.0 Å². The summed E-state index contributed by atoms with van der Waals surface area (Å²) in [6.07, 6.45) is 1.53. The predicted molar refractivity (Wildman–Crippen MR) is 53.5 cm³/mol. The zero-order valence-electron chi connectivity index (χ0n) is 9.67. The van der Waals surface area contributed by atoms with E-state index >= 15 is 0 Å². The van der Waals surface area contributed by atoms with Crippen LogP contribution in [-0.4, -0.2) is 70.2 Å². The van der Waals surface area contributed by atoms with E-state index < -0.39 is 0 Å². The van der Waals surface area contributed by atoms with Crippen LogP contribution in [0.15, 0.2) is 0 Å². The maximum absolute atomic E-state index is 5.35. The Morgan fingerprint density at radius 1 is 1.13 bits per heavy atom. The highest BCUT2D eigenvalue weighted by Crippen LogP contribution is 2.14. The molecule has 6 nitrogen and oxygen atoms in total. The van der Waals surface area contributed by atoms with Gasteiger partial charge in [0.15, 0.2) is 13.5 Å². The third-order valence-corrected chi connectivity index (χ3v) is 2.23. The lowest BCUT2D eigenvalue weighted by Crippen LogP contribution is -2.42. The first-order valence-electron chi connectivity index (χ1n) is 4.68. The van der Waals surface area contributed by atoms with Crippen molar-refractivity contribution in [2.45, 2.75) is 12.5 Å². The number of methoxy groups -OCH3 is 4. The van der Waals surface area contributed by atoms with Crippen molar-refractivity contribution in [1.29, 1.82) is 0 Å². The van der Waals surface area contributed by atoms with Crippen LogP contribution in [0.4, 0.5) is 0 Å². The minimum absolute atomic E-state index is 0.176. The third kappa shape index (κ3) is 2.66. The van der Waals surface area contributed by atoms with Crippen LogP contribution in [0.2, 0.25) is 0 Å². The quantitative estimate of drug-likeness (QED) is 0.563. The van der Waals surface area contributed by atoms with Crippen LogP contribution in [0.5, 0.6) is 0 Å². The summed E-state index contributed by atoms with van der Waals surface area (Å²) in [5.74, 6) is 0. The summed E-state index contributed by atoms with van der Waals surface area (Å²) in [5, 5.41) is 0. The smallest absolute Gasteiger partial charge is 0.266 e. The van der Waals surface area contributed by atoms with E-state index in [0.29, 0.717) is 13.5 Å². The Kier molecular flexibility index (Phi) is 4.97. The number of hydrogen-bond donors (Lipinski definition) is 0. The molecule has 2 unspecified atom stereocenters. The Morgan fingerprint density at radius 3 is 2.33 bits per heavy atom. The van der Waals surface area contributed by atoms with Gasteiger partial charge in [0.1, 0.15) is 0 Å². The normalized spacial score (nSPS) is 25.9. The maximum atomic E-state index is 5.35. The molecule has 0 aromatic heterocycles. The number of rotatable bonds is 6. The van der Waals surface area contributed by atoms with Crippen LogP contribution < -0.4 is 0 Å². The molecule has 0 saturated heterocycles. The summed E-state index contributed by atoms with van der Waals surface area (Å²) in [7, 11) is 6.57. The molecule has 6 heteroatoms. The lowest BCUT2D eigenvalue weighted by Gasteiger charge is -2.19. The van der Waals surface area contributed by atoms with E-state index in [1.807, 2.05) is 15.8 Å². The van der Waals surface area contributed by atoms with Crippen molar-refractivity contribution in [1.82, 2.24) is 4.90 Å². The van der Waals surface area contributed by atoms with E-state index in [4.69, 9.17) is 18.9 Å². The molecule has 0 amide bonds. The zero-order valence-corrected chi connectivity index (χ0v) is 9.67. The van der Waals surface area contributed by atoms with Crippen LogP contribution in [0.25, 0.3) is 0 Å². The molecule has 0 aromatic rings. The van der Waals surface area contributed by atoms with Gasteiger partial charge in [0, 0.05) is 28.4 Å². The summed E-state index contributed by atoms with van der Waals surface area (Å²) in [5.41, 5.74) is 0. The Balaban J connectivity index is 2.72. The monoisotopic (exact) mass is 219 g/mol. The first-order valence-corrected chi connectivity index (χ1v) is 4.68. The number of ether oxygens (including phenoxy) is 4. The second-order valence-electron chi connectivity index (χ2n) is 3.23. The topological polar surface area (TPSA) is 43.2 Å². The van der Waals surface area contributed by atoms with Gasteiger partial charge in [-0.15, -0.1) is 0 Å². The van der Waals surface area contributed by atoms with Crippen LogP contribution in [0, 0.1) is 0 Å². The van der Waals surface area contributed by atoms with Gasteiger partial charge < -0.3 is 18.9 Å². The molecule has 1 rings (SSSR count). The van der Waals surface area contributed by atoms with Crippen molar-refractivity contribution in [3.05, 3.63) is 0 Å². The molecule has 0 N–H and O–H groups in total. The van der Waals surface area contributed by atoms with Crippen molar-refractivity contribution in [3.63, 3.8) is 0 Å². The van der Waals surface area contributed by atoms with E-state index in [-0.39, 0.29) is 12.5 Å². The predicted octanol–water partition coefficient (Wildman–Crippen LogP) is -0.504. The molecule has 1 heterocycles. The molecule has 0 bridgehead atoms. The van der Waals surface area contributed by atoms with Gasteiger partial charge in [0.2, 0.25) is 6.34 Å². The highest BCUT2D eigenvalue weighted by atomic mass is 16.6. The average Bonchev–Trinajstić information content (AvgIpc) is 2.56. The van der Waals surface area contributed by atoms with Gasteiger partial charge >= 0.3 is 0 Å². The van der Waals surface area contributed by atoms with Gasteiger partial charge in [0.25, 0.3) is 12.5 Å². The van der Waals surface area contributed by atoms with Gasteiger partial charge in [-0.25, -0.2) is 9.48 Å². The molecule has 1 aliphatic rings. The molecular weight excluding hydrogens is 200 g/mol. The SMILES string of the molecule is COCN1C=[N+](COC)C(OC)C1OC. The fraction of sp³-hybridized carbons (Fsp3) is 0.889. The molecule has 2 atom stereocenters. The summed E-state index contributed by atoms with van der Waals surface area (Å²) >= 11 is 0. The molecule has 0 aromatic carbocycles. The minimum atomic E-state index is -0.176. The Bertz CT molecular complexity index is 222. The van der Waals surface area contributed by atoms with E-state index in [2.05, 4.69) is 0 Å². The fourth-order valence-corrected chi connectivity index (χ4v) is 1.66. The van der Waals surface area contributed by atoms with Crippen molar-refractivity contribution >= 4 is 6.34 Å². The maximum Gasteiger partial charge on any atom is 0.266 e. The number of nitrogens with zero attached hydrogens (tertiary/aromatic N) is 2. The fourth-order valence-electron chi connectivity index (χ4n) is 1.66. The van der Waals surface area contributed by atoms with Gasteiger partial charge in [-0.3, -0.25) is 0 Å². The zero-order chi connectivity index (χ0) is 11.3. The largest absolute Gasteiger partial charge is 0.345 e. The van der Waals surface area contributed by atoms with Crippen molar-refractivity contribution in [2.75, 3.05) is 41.9 Å². The molecule has 0 spiro atoms. The van der Waals surface area contributed by atoms with Crippen molar-refractivity contribution < 1.29 is 23.5 Å². The Hall–Kier alpha value is -0.690. The van der Waals surface area contributed by atoms with E-state index in [1.54, 1.807) is 28.4 Å². The molecular formula is C9H19N2O4+. The molecule has 0 fully saturated rings. The van der Waals surface area contributed by atoms with Gasteiger partial charge in [-0.1, -0.05) is 0 Å². The molecule has 0 aliphatic carbocycles. The lowest BCUT2D eigenvalue weighted by atomic mass is 10.4. The average molecular weight is 219 g/mol. The van der Waals surface area contributed by atoms with E-state index in [0.717, 1.165) is 0 Å². The van der Waals surface area contributed by atoms with Crippen LogP contribution in [-0.2, 0) is 18.9 Å². The van der Waals surface area contributed by atoms with Crippen LogP contribution >= 0.6 is 0 Å². The van der Waals surface area contributed by atoms with Crippen LogP contribution in [0.1, 0.15) is 0 Å². The van der Waals surface area contributed by atoms with E-state index in [1.165, 1.54) is 0 Å².